The number of likely N-dealkylation sites (N-methyl/N-ethyl adjacent to an activating group) is 2. The van der Waals surface area contributed by atoms with Gasteiger partial charge in [-0.15, -0.1) is 0 Å². The SMILES string of the molecule is CCN(C=O)CC.CN1CCN(C)C1=O. The van der Waals surface area contributed by atoms with Gasteiger partial charge < -0.3 is 14.7 Å². The van der Waals surface area contributed by atoms with Crippen LogP contribution in [0, 0.1) is 0 Å². The monoisotopic (exact) mass is 215 g/mol. The number of rotatable bonds is 3. The van der Waals surface area contributed by atoms with E-state index >= 15 is 0 Å². The minimum atomic E-state index is 0.130. The van der Waals surface area contributed by atoms with Crippen molar-refractivity contribution < 1.29 is 9.59 Å². The van der Waals surface area contributed by atoms with Gasteiger partial charge in [0.25, 0.3) is 0 Å². The van der Waals surface area contributed by atoms with Gasteiger partial charge in [0.2, 0.25) is 6.41 Å². The lowest BCUT2D eigenvalue weighted by molar-refractivity contribution is -0.117. The third kappa shape index (κ3) is 4.67. The molecule has 1 aliphatic heterocycles. The molecule has 0 aromatic rings. The summed E-state index contributed by atoms with van der Waals surface area (Å²) in [6.07, 6.45) is 0.861. The van der Waals surface area contributed by atoms with Gasteiger partial charge in [-0.1, -0.05) is 0 Å². The number of urea groups is 1. The predicted molar refractivity (Wildman–Crippen MR) is 59.6 cm³/mol. The van der Waals surface area contributed by atoms with Crippen LogP contribution in [0.3, 0.4) is 0 Å². The fourth-order valence-corrected chi connectivity index (χ4v) is 1.16. The molecule has 1 fully saturated rings. The maximum Gasteiger partial charge on any atom is 0.319 e. The molecule has 1 rings (SSSR count). The maximum atomic E-state index is 10.8. The van der Waals surface area contributed by atoms with Crippen LogP contribution in [0.1, 0.15) is 13.8 Å². The van der Waals surface area contributed by atoms with Crippen LogP contribution in [0.2, 0.25) is 0 Å². The second kappa shape index (κ2) is 7.09. The molecule has 3 amide bonds. The number of carbonyl (C=O) groups excluding carboxylic acids is 2. The van der Waals surface area contributed by atoms with E-state index in [0.717, 1.165) is 32.6 Å². The van der Waals surface area contributed by atoms with E-state index in [9.17, 15) is 9.59 Å². The summed E-state index contributed by atoms with van der Waals surface area (Å²) >= 11 is 0. The lowest BCUT2D eigenvalue weighted by Crippen LogP contribution is -2.25. The van der Waals surface area contributed by atoms with Gasteiger partial charge in [-0.3, -0.25) is 4.79 Å². The molecule has 1 saturated heterocycles. The first-order chi connectivity index (χ1) is 7.06. The van der Waals surface area contributed by atoms with Crippen molar-refractivity contribution in [3.05, 3.63) is 0 Å². The Hall–Kier alpha value is -1.26. The number of hydrogen-bond acceptors (Lipinski definition) is 2. The molecule has 0 aromatic carbocycles. The molecule has 0 unspecified atom stereocenters. The average molecular weight is 215 g/mol. The molecule has 0 aromatic heterocycles. The summed E-state index contributed by atoms with van der Waals surface area (Å²) in [4.78, 5) is 25.8. The third-order valence-electron chi connectivity index (χ3n) is 2.39. The Kier molecular flexibility index (Phi) is 6.49. The number of amides is 3. The van der Waals surface area contributed by atoms with E-state index in [4.69, 9.17) is 0 Å². The first-order valence-electron chi connectivity index (χ1n) is 5.22. The molecule has 15 heavy (non-hydrogen) atoms. The van der Waals surface area contributed by atoms with Crippen LogP contribution in [0.25, 0.3) is 0 Å². The molecule has 1 aliphatic rings. The highest BCUT2D eigenvalue weighted by molar-refractivity contribution is 5.75. The zero-order valence-corrected chi connectivity index (χ0v) is 10.1. The zero-order valence-electron chi connectivity index (χ0n) is 10.1. The summed E-state index contributed by atoms with van der Waals surface area (Å²) in [7, 11) is 3.62. The Balaban J connectivity index is 0.000000265. The minimum absolute atomic E-state index is 0.130. The Morgan fingerprint density at radius 1 is 1.20 bits per heavy atom. The van der Waals surface area contributed by atoms with Gasteiger partial charge in [0.15, 0.2) is 0 Å². The van der Waals surface area contributed by atoms with Crippen LogP contribution < -0.4 is 0 Å². The van der Waals surface area contributed by atoms with Crippen molar-refractivity contribution >= 4 is 12.4 Å². The number of nitrogens with zero attached hydrogens (tertiary/aromatic N) is 3. The standard InChI is InChI=1S/C5H10N2O.C5H11NO/c1-6-3-4-7(2)5(6)8;1-3-6(4-2)5-7/h3-4H2,1-2H3;5H,3-4H2,1-2H3. The fraction of sp³-hybridized carbons (Fsp3) is 0.800. The summed E-state index contributed by atoms with van der Waals surface area (Å²) in [5.41, 5.74) is 0. The summed E-state index contributed by atoms with van der Waals surface area (Å²) in [6.45, 7) is 7.29. The van der Waals surface area contributed by atoms with Crippen molar-refractivity contribution in [2.24, 2.45) is 0 Å². The molecule has 0 bridgehead atoms. The van der Waals surface area contributed by atoms with E-state index in [1.54, 1.807) is 14.7 Å². The fourth-order valence-electron chi connectivity index (χ4n) is 1.16. The normalized spacial score (nSPS) is 14.8. The summed E-state index contributed by atoms with van der Waals surface area (Å²) in [5, 5.41) is 0. The highest BCUT2D eigenvalue weighted by Crippen LogP contribution is 2.00. The first kappa shape index (κ1) is 13.7. The van der Waals surface area contributed by atoms with Gasteiger partial charge in [-0.05, 0) is 13.8 Å². The molecular weight excluding hydrogens is 194 g/mol. The van der Waals surface area contributed by atoms with Crippen LogP contribution in [0.5, 0.6) is 0 Å². The van der Waals surface area contributed by atoms with Gasteiger partial charge in [0.05, 0.1) is 0 Å². The maximum absolute atomic E-state index is 10.8. The van der Waals surface area contributed by atoms with E-state index in [-0.39, 0.29) is 6.03 Å². The molecule has 0 atom stereocenters. The summed E-state index contributed by atoms with van der Waals surface area (Å²) in [6, 6.07) is 0.130. The Morgan fingerprint density at radius 3 is 1.67 bits per heavy atom. The van der Waals surface area contributed by atoms with Crippen molar-refractivity contribution in [1.29, 1.82) is 0 Å². The average Bonchev–Trinajstić information content (AvgIpc) is 2.53. The van der Waals surface area contributed by atoms with Crippen LogP contribution in [-0.4, -0.2) is 67.4 Å². The first-order valence-corrected chi connectivity index (χ1v) is 5.22. The molecule has 0 saturated carbocycles. The third-order valence-corrected chi connectivity index (χ3v) is 2.39. The molecule has 5 heteroatoms. The minimum Gasteiger partial charge on any atom is -0.346 e. The van der Waals surface area contributed by atoms with E-state index in [1.165, 1.54) is 0 Å². The highest BCUT2D eigenvalue weighted by atomic mass is 16.2. The van der Waals surface area contributed by atoms with Gasteiger partial charge in [-0.25, -0.2) is 4.79 Å². The van der Waals surface area contributed by atoms with Crippen LogP contribution in [-0.2, 0) is 4.79 Å². The van der Waals surface area contributed by atoms with Crippen LogP contribution >= 0.6 is 0 Å². The van der Waals surface area contributed by atoms with Gasteiger partial charge in [0.1, 0.15) is 0 Å². The molecular formula is C10H21N3O2. The molecule has 88 valence electrons. The zero-order chi connectivity index (χ0) is 11.8. The topological polar surface area (TPSA) is 43.9 Å². The lowest BCUT2D eigenvalue weighted by Gasteiger charge is -2.08. The van der Waals surface area contributed by atoms with Crippen molar-refractivity contribution in [3.8, 4) is 0 Å². The Labute approximate surface area is 91.6 Å². The molecule has 5 nitrogen and oxygen atoms in total. The molecule has 0 aliphatic carbocycles. The van der Waals surface area contributed by atoms with Gasteiger partial charge in [-0.2, -0.15) is 0 Å². The smallest absolute Gasteiger partial charge is 0.319 e. The van der Waals surface area contributed by atoms with Gasteiger partial charge >= 0.3 is 6.03 Å². The summed E-state index contributed by atoms with van der Waals surface area (Å²) in [5.74, 6) is 0. The van der Waals surface area contributed by atoms with Gasteiger partial charge in [0, 0.05) is 40.3 Å². The van der Waals surface area contributed by atoms with E-state index in [1.807, 2.05) is 27.9 Å². The number of hydrogen-bond donors (Lipinski definition) is 0. The molecule has 0 N–H and O–H groups in total. The van der Waals surface area contributed by atoms with Crippen molar-refractivity contribution in [2.75, 3.05) is 40.3 Å². The lowest BCUT2D eigenvalue weighted by atomic mass is 10.6. The Bertz CT molecular complexity index is 193. The van der Waals surface area contributed by atoms with E-state index in [2.05, 4.69) is 0 Å². The van der Waals surface area contributed by atoms with Crippen molar-refractivity contribution in [1.82, 2.24) is 14.7 Å². The largest absolute Gasteiger partial charge is 0.346 e. The van der Waals surface area contributed by atoms with Crippen molar-refractivity contribution in [3.63, 3.8) is 0 Å². The van der Waals surface area contributed by atoms with E-state index < -0.39 is 0 Å². The van der Waals surface area contributed by atoms with E-state index in [0.29, 0.717) is 0 Å². The molecule has 0 radical (unpaired) electrons. The quantitative estimate of drug-likeness (QED) is 0.642. The second-order valence-electron chi connectivity index (χ2n) is 3.45. The highest BCUT2D eigenvalue weighted by Gasteiger charge is 2.20. The Morgan fingerprint density at radius 2 is 1.60 bits per heavy atom. The van der Waals surface area contributed by atoms with Crippen molar-refractivity contribution in [2.45, 2.75) is 13.8 Å². The molecule has 0 spiro atoms. The van der Waals surface area contributed by atoms with Crippen LogP contribution in [0.4, 0.5) is 4.79 Å². The molecule has 1 heterocycles. The second-order valence-corrected chi connectivity index (χ2v) is 3.45. The summed E-state index contributed by atoms with van der Waals surface area (Å²) < 4.78 is 0. The number of carbonyl (C=O) groups is 2. The van der Waals surface area contributed by atoms with Crippen LogP contribution in [0.15, 0.2) is 0 Å². The predicted octanol–water partition coefficient (Wildman–Crippen LogP) is 0.468.